The van der Waals surface area contributed by atoms with Gasteiger partial charge in [-0.25, -0.2) is 4.68 Å². The van der Waals surface area contributed by atoms with E-state index >= 15 is 0 Å². The van der Waals surface area contributed by atoms with Crippen molar-refractivity contribution in [3.8, 4) is 5.75 Å². The summed E-state index contributed by atoms with van der Waals surface area (Å²) in [5.74, 6) is 0.852. The molecule has 116 valence electrons. The molecule has 1 saturated heterocycles. The zero-order chi connectivity index (χ0) is 15.7. The summed E-state index contributed by atoms with van der Waals surface area (Å²) in [6, 6.07) is 8.39. The fourth-order valence-corrected chi connectivity index (χ4v) is 3.52. The minimum atomic E-state index is -0.113. The fourth-order valence-electron chi connectivity index (χ4n) is 2.93. The van der Waals surface area contributed by atoms with Gasteiger partial charge in [0.15, 0.2) is 0 Å². The van der Waals surface area contributed by atoms with Gasteiger partial charge in [0.25, 0.3) is 5.56 Å². The molecule has 1 fully saturated rings. The van der Waals surface area contributed by atoms with Crippen molar-refractivity contribution in [3.63, 3.8) is 0 Å². The monoisotopic (exact) mass is 363 g/mol. The van der Waals surface area contributed by atoms with Crippen molar-refractivity contribution in [2.45, 2.75) is 18.9 Å². The summed E-state index contributed by atoms with van der Waals surface area (Å²) < 4.78 is 7.13. The quantitative estimate of drug-likeness (QED) is 0.840. The molecule has 0 N–H and O–H groups in total. The van der Waals surface area contributed by atoms with Crippen molar-refractivity contribution in [1.82, 2.24) is 9.78 Å². The third-order valence-corrected chi connectivity index (χ3v) is 4.87. The van der Waals surface area contributed by atoms with Crippen LogP contribution >= 0.6 is 15.9 Å². The number of halogens is 1. The second-order valence-electron chi connectivity index (χ2n) is 5.40. The number of benzene rings is 1. The van der Waals surface area contributed by atoms with E-state index in [1.54, 1.807) is 20.4 Å². The molecule has 6 heteroatoms. The molecule has 1 aliphatic heterocycles. The highest BCUT2D eigenvalue weighted by Crippen LogP contribution is 2.38. The first-order valence-corrected chi connectivity index (χ1v) is 8.03. The van der Waals surface area contributed by atoms with E-state index in [9.17, 15) is 4.79 Å². The molecule has 0 spiro atoms. The van der Waals surface area contributed by atoms with Crippen molar-refractivity contribution >= 4 is 21.6 Å². The van der Waals surface area contributed by atoms with Crippen LogP contribution in [0.2, 0.25) is 0 Å². The number of rotatable bonds is 3. The van der Waals surface area contributed by atoms with Crippen LogP contribution in [0.1, 0.15) is 24.4 Å². The zero-order valence-corrected chi connectivity index (χ0v) is 14.2. The van der Waals surface area contributed by atoms with Crippen LogP contribution in [0.3, 0.4) is 0 Å². The summed E-state index contributed by atoms with van der Waals surface area (Å²) in [5.41, 5.74) is 1.98. The second kappa shape index (κ2) is 6.12. The van der Waals surface area contributed by atoms with Gasteiger partial charge in [-0.15, -0.1) is 0 Å². The Morgan fingerprint density at radius 3 is 2.73 bits per heavy atom. The van der Waals surface area contributed by atoms with Gasteiger partial charge in [0.05, 0.1) is 25.0 Å². The molecule has 2 aromatic rings. The third-order valence-electron chi connectivity index (χ3n) is 4.12. The van der Waals surface area contributed by atoms with Crippen molar-refractivity contribution in [2.24, 2.45) is 7.05 Å². The van der Waals surface area contributed by atoms with Crippen LogP contribution < -0.4 is 15.2 Å². The lowest BCUT2D eigenvalue weighted by Crippen LogP contribution is -2.28. The first-order valence-electron chi connectivity index (χ1n) is 7.24. The van der Waals surface area contributed by atoms with Crippen LogP contribution in [-0.4, -0.2) is 23.4 Å². The number of hydrogen-bond donors (Lipinski definition) is 0. The van der Waals surface area contributed by atoms with E-state index in [0.717, 1.165) is 30.8 Å². The van der Waals surface area contributed by atoms with Crippen LogP contribution in [0.25, 0.3) is 0 Å². The van der Waals surface area contributed by atoms with Gasteiger partial charge in [-0.3, -0.25) is 4.79 Å². The van der Waals surface area contributed by atoms with E-state index in [4.69, 9.17) is 4.74 Å². The van der Waals surface area contributed by atoms with E-state index in [-0.39, 0.29) is 11.6 Å². The summed E-state index contributed by atoms with van der Waals surface area (Å²) >= 11 is 3.43. The van der Waals surface area contributed by atoms with E-state index < -0.39 is 0 Å². The Morgan fingerprint density at radius 2 is 2.05 bits per heavy atom. The lowest BCUT2D eigenvalue weighted by atomic mass is 10.0. The molecular weight excluding hydrogens is 346 g/mol. The molecule has 1 aromatic heterocycles. The number of anilines is 1. The fraction of sp³-hybridized carbons (Fsp3) is 0.375. The van der Waals surface area contributed by atoms with Crippen molar-refractivity contribution in [2.75, 3.05) is 18.6 Å². The van der Waals surface area contributed by atoms with Gasteiger partial charge in [-0.1, -0.05) is 12.1 Å². The largest absolute Gasteiger partial charge is 0.497 e. The van der Waals surface area contributed by atoms with E-state index in [1.165, 1.54) is 10.2 Å². The summed E-state index contributed by atoms with van der Waals surface area (Å²) in [6.07, 6.45) is 3.92. The molecule has 1 atom stereocenters. The Kier molecular flexibility index (Phi) is 4.20. The standard InChI is InChI=1S/C16H18BrN3O2/c1-19-16(21)15(17)14(10-18-19)20-9-3-4-13(20)11-5-7-12(22-2)8-6-11/h5-8,10,13H,3-4,9H2,1-2H3. The topological polar surface area (TPSA) is 47.4 Å². The molecule has 5 nitrogen and oxygen atoms in total. The maximum Gasteiger partial charge on any atom is 0.282 e. The molecule has 22 heavy (non-hydrogen) atoms. The molecule has 2 heterocycles. The summed E-state index contributed by atoms with van der Waals surface area (Å²) in [5, 5.41) is 4.15. The van der Waals surface area contributed by atoms with Crippen molar-refractivity contribution in [1.29, 1.82) is 0 Å². The van der Waals surface area contributed by atoms with Gasteiger partial charge in [-0.2, -0.15) is 5.10 Å². The predicted molar refractivity (Wildman–Crippen MR) is 89.5 cm³/mol. The molecule has 0 bridgehead atoms. The normalized spacial score (nSPS) is 17.8. The van der Waals surface area contributed by atoms with Gasteiger partial charge in [0.1, 0.15) is 10.2 Å². The van der Waals surface area contributed by atoms with Gasteiger partial charge < -0.3 is 9.64 Å². The maximum absolute atomic E-state index is 12.1. The average molecular weight is 364 g/mol. The maximum atomic E-state index is 12.1. The molecule has 3 rings (SSSR count). The van der Waals surface area contributed by atoms with Crippen LogP contribution in [0.15, 0.2) is 39.7 Å². The number of aromatic nitrogens is 2. The summed E-state index contributed by atoms with van der Waals surface area (Å²) in [6.45, 7) is 0.921. The van der Waals surface area contributed by atoms with Gasteiger partial charge >= 0.3 is 0 Å². The van der Waals surface area contributed by atoms with Crippen LogP contribution in [-0.2, 0) is 7.05 Å². The van der Waals surface area contributed by atoms with Gasteiger partial charge in [0, 0.05) is 13.6 Å². The van der Waals surface area contributed by atoms with Crippen LogP contribution in [0.5, 0.6) is 5.75 Å². The SMILES string of the molecule is COc1ccc(C2CCCN2c2cnn(C)c(=O)c2Br)cc1. The second-order valence-corrected chi connectivity index (χ2v) is 6.19. The Bertz CT molecular complexity index is 727. The molecule has 0 saturated carbocycles. The number of ether oxygens (including phenoxy) is 1. The Morgan fingerprint density at radius 1 is 1.32 bits per heavy atom. The van der Waals surface area contributed by atoms with E-state index in [2.05, 4.69) is 38.1 Å². The molecule has 0 amide bonds. The molecule has 0 radical (unpaired) electrons. The lowest BCUT2D eigenvalue weighted by molar-refractivity contribution is 0.414. The molecule has 1 aliphatic rings. The van der Waals surface area contributed by atoms with Crippen molar-refractivity contribution in [3.05, 3.63) is 50.9 Å². The average Bonchev–Trinajstić information content (AvgIpc) is 3.02. The number of methoxy groups -OCH3 is 1. The molecular formula is C16H18BrN3O2. The zero-order valence-electron chi connectivity index (χ0n) is 12.6. The number of hydrogen-bond acceptors (Lipinski definition) is 4. The van der Waals surface area contributed by atoms with E-state index in [1.807, 2.05) is 12.1 Å². The number of aryl methyl sites for hydroxylation is 1. The van der Waals surface area contributed by atoms with Crippen LogP contribution in [0.4, 0.5) is 5.69 Å². The van der Waals surface area contributed by atoms with Gasteiger partial charge in [0.2, 0.25) is 0 Å². The highest BCUT2D eigenvalue weighted by atomic mass is 79.9. The minimum Gasteiger partial charge on any atom is -0.497 e. The Balaban J connectivity index is 1.96. The summed E-state index contributed by atoms with van der Waals surface area (Å²) in [4.78, 5) is 14.3. The Hall–Kier alpha value is -1.82. The summed E-state index contributed by atoms with van der Waals surface area (Å²) in [7, 11) is 3.32. The molecule has 1 unspecified atom stereocenters. The predicted octanol–water partition coefficient (Wildman–Crippen LogP) is 2.89. The molecule has 1 aromatic carbocycles. The highest BCUT2D eigenvalue weighted by Gasteiger charge is 2.28. The van der Waals surface area contributed by atoms with Crippen LogP contribution in [0, 0.1) is 0 Å². The Labute approximate surface area is 137 Å². The smallest absolute Gasteiger partial charge is 0.282 e. The molecule has 0 aliphatic carbocycles. The first-order chi connectivity index (χ1) is 10.6. The minimum absolute atomic E-state index is 0.113. The van der Waals surface area contributed by atoms with Gasteiger partial charge in [-0.05, 0) is 46.5 Å². The number of nitrogens with zero attached hydrogens (tertiary/aromatic N) is 3. The third kappa shape index (κ3) is 2.63. The van der Waals surface area contributed by atoms with E-state index in [0.29, 0.717) is 4.47 Å². The lowest BCUT2D eigenvalue weighted by Gasteiger charge is -2.27. The van der Waals surface area contributed by atoms with Crippen molar-refractivity contribution < 1.29 is 4.74 Å². The highest BCUT2D eigenvalue weighted by molar-refractivity contribution is 9.10. The first kappa shape index (κ1) is 15.1.